The second-order valence-electron chi connectivity index (χ2n) is 5.63. The Balaban J connectivity index is 2.20. The van der Waals surface area contributed by atoms with E-state index < -0.39 is 22.1 Å². The van der Waals surface area contributed by atoms with Gasteiger partial charge in [0.1, 0.15) is 5.75 Å². The van der Waals surface area contributed by atoms with Crippen molar-refractivity contribution in [2.45, 2.75) is 6.92 Å². The zero-order valence-electron chi connectivity index (χ0n) is 13.6. The fraction of sp³-hybridized carbons (Fsp3) is 0.105. The lowest BCUT2D eigenvalue weighted by molar-refractivity contribution is -0.385. The first-order chi connectivity index (χ1) is 11.9. The standard InChI is InChI=1S/C19H15NO5/c1-11(21)17-9-15(10-18(19(17)22)20(23)24)13-3-4-14-8-16(25-2)6-5-12(14)7-13/h3-10,22H,1-2H3. The molecule has 3 rings (SSSR count). The molecule has 0 spiro atoms. The largest absolute Gasteiger partial charge is 0.502 e. The second-order valence-corrected chi connectivity index (χ2v) is 5.63. The Morgan fingerprint density at radius 3 is 2.36 bits per heavy atom. The molecule has 6 nitrogen and oxygen atoms in total. The molecule has 1 N–H and O–H groups in total. The SMILES string of the molecule is COc1ccc2cc(-c3cc(C(C)=O)c(O)c([N+](=O)[O-])c3)ccc2c1. The first-order valence-electron chi connectivity index (χ1n) is 7.51. The summed E-state index contributed by atoms with van der Waals surface area (Å²) in [5.74, 6) is -0.306. The molecule has 3 aromatic rings. The number of aromatic hydroxyl groups is 1. The fourth-order valence-electron chi connectivity index (χ4n) is 2.72. The second kappa shape index (κ2) is 6.24. The summed E-state index contributed by atoms with van der Waals surface area (Å²) in [4.78, 5) is 22.2. The lowest BCUT2D eigenvalue weighted by atomic mass is 9.97. The molecule has 0 aromatic heterocycles. The van der Waals surface area contributed by atoms with E-state index in [1.165, 1.54) is 19.1 Å². The Kier molecular flexibility index (Phi) is 4.10. The smallest absolute Gasteiger partial charge is 0.312 e. The summed E-state index contributed by atoms with van der Waals surface area (Å²) < 4.78 is 5.19. The molecule has 6 heteroatoms. The molecule has 3 aromatic carbocycles. The van der Waals surface area contributed by atoms with Crippen molar-refractivity contribution in [1.82, 2.24) is 0 Å². The van der Waals surface area contributed by atoms with Crippen molar-refractivity contribution in [1.29, 1.82) is 0 Å². The van der Waals surface area contributed by atoms with Gasteiger partial charge in [-0.2, -0.15) is 0 Å². The van der Waals surface area contributed by atoms with Crippen LogP contribution in [-0.2, 0) is 0 Å². The van der Waals surface area contributed by atoms with Crippen LogP contribution in [0.1, 0.15) is 17.3 Å². The van der Waals surface area contributed by atoms with Gasteiger partial charge in [0.15, 0.2) is 5.78 Å². The lowest BCUT2D eigenvalue weighted by Crippen LogP contribution is -1.98. The molecule has 0 amide bonds. The van der Waals surface area contributed by atoms with Crippen LogP contribution >= 0.6 is 0 Å². The first-order valence-corrected chi connectivity index (χ1v) is 7.51. The van der Waals surface area contributed by atoms with E-state index in [-0.39, 0.29) is 5.56 Å². The number of hydrogen-bond acceptors (Lipinski definition) is 5. The number of phenolic OH excluding ortho intramolecular Hbond substituents is 1. The Morgan fingerprint density at radius 1 is 1.04 bits per heavy atom. The van der Waals surface area contributed by atoms with Gasteiger partial charge in [-0.25, -0.2) is 0 Å². The third-order valence-corrected chi connectivity index (χ3v) is 4.05. The number of rotatable bonds is 4. The van der Waals surface area contributed by atoms with Gasteiger partial charge in [-0.15, -0.1) is 0 Å². The average Bonchev–Trinajstić information content (AvgIpc) is 2.60. The van der Waals surface area contributed by atoms with Gasteiger partial charge < -0.3 is 9.84 Å². The lowest BCUT2D eigenvalue weighted by Gasteiger charge is -2.09. The van der Waals surface area contributed by atoms with Crippen LogP contribution in [0.15, 0.2) is 48.5 Å². The number of carbonyl (C=O) groups excluding carboxylic acids is 1. The topological polar surface area (TPSA) is 89.7 Å². The van der Waals surface area contributed by atoms with Crippen LogP contribution in [0, 0.1) is 10.1 Å². The highest BCUT2D eigenvalue weighted by molar-refractivity contribution is 6.00. The maximum Gasteiger partial charge on any atom is 0.312 e. The molecule has 25 heavy (non-hydrogen) atoms. The van der Waals surface area contributed by atoms with E-state index in [2.05, 4.69) is 0 Å². The summed E-state index contributed by atoms with van der Waals surface area (Å²) in [6, 6.07) is 13.9. The van der Waals surface area contributed by atoms with E-state index >= 15 is 0 Å². The van der Waals surface area contributed by atoms with Gasteiger partial charge in [-0.3, -0.25) is 14.9 Å². The van der Waals surface area contributed by atoms with E-state index in [9.17, 15) is 20.0 Å². The molecule has 0 saturated heterocycles. The van der Waals surface area contributed by atoms with Crippen LogP contribution in [-0.4, -0.2) is 22.9 Å². The minimum atomic E-state index is -0.697. The minimum absolute atomic E-state index is 0.0703. The molecule has 0 bridgehead atoms. The fourth-order valence-corrected chi connectivity index (χ4v) is 2.72. The van der Waals surface area contributed by atoms with Crippen molar-refractivity contribution in [3.05, 3.63) is 64.2 Å². The first kappa shape index (κ1) is 16.4. The third kappa shape index (κ3) is 3.01. The average molecular weight is 337 g/mol. The number of nitrogens with zero attached hydrogens (tertiary/aromatic N) is 1. The molecule has 0 fully saturated rings. The summed E-state index contributed by atoms with van der Waals surface area (Å²) in [7, 11) is 1.59. The van der Waals surface area contributed by atoms with Gasteiger partial charge in [0.05, 0.1) is 17.6 Å². The monoisotopic (exact) mass is 337 g/mol. The van der Waals surface area contributed by atoms with Crippen molar-refractivity contribution in [3.8, 4) is 22.6 Å². The van der Waals surface area contributed by atoms with E-state index in [4.69, 9.17) is 4.74 Å². The van der Waals surface area contributed by atoms with Crippen LogP contribution < -0.4 is 4.74 Å². The molecule has 0 aliphatic heterocycles. The normalized spacial score (nSPS) is 10.6. The van der Waals surface area contributed by atoms with Gasteiger partial charge in [0.25, 0.3) is 0 Å². The number of carbonyl (C=O) groups is 1. The predicted octanol–water partition coefficient (Wildman–Crippen LogP) is 4.33. The summed E-state index contributed by atoms with van der Waals surface area (Å²) in [5, 5.41) is 23.0. The Morgan fingerprint density at radius 2 is 1.72 bits per heavy atom. The highest BCUT2D eigenvalue weighted by Crippen LogP contribution is 2.36. The molecular formula is C19H15NO5. The van der Waals surface area contributed by atoms with Gasteiger partial charge in [-0.1, -0.05) is 18.2 Å². The number of phenols is 1. The van der Waals surface area contributed by atoms with Gasteiger partial charge >= 0.3 is 5.69 Å². The summed E-state index contributed by atoms with van der Waals surface area (Å²) in [6.07, 6.45) is 0. The zero-order chi connectivity index (χ0) is 18.1. The molecule has 0 atom stereocenters. The number of fused-ring (bicyclic) bond motifs is 1. The number of nitro groups is 1. The van der Waals surface area contributed by atoms with Crippen LogP contribution in [0.4, 0.5) is 5.69 Å². The minimum Gasteiger partial charge on any atom is -0.502 e. The maximum absolute atomic E-state index is 11.7. The summed E-state index contributed by atoms with van der Waals surface area (Å²) in [5.41, 5.74) is 0.646. The molecule has 0 unspecified atom stereocenters. The Bertz CT molecular complexity index is 975. The van der Waals surface area contributed by atoms with Crippen LogP contribution in [0.2, 0.25) is 0 Å². The molecule has 0 radical (unpaired) electrons. The molecule has 0 aliphatic rings. The molecular weight excluding hydrogens is 322 g/mol. The van der Waals surface area contributed by atoms with Crippen LogP contribution in [0.5, 0.6) is 11.5 Å². The number of Topliss-reactive ketones (excluding diaryl/α,β-unsaturated/α-hetero) is 1. The maximum atomic E-state index is 11.7. The number of benzene rings is 3. The summed E-state index contributed by atoms with van der Waals surface area (Å²) in [6.45, 7) is 1.26. The number of nitro benzene ring substituents is 1. The van der Waals surface area contributed by atoms with Crippen LogP contribution in [0.3, 0.4) is 0 Å². The number of methoxy groups -OCH3 is 1. The van der Waals surface area contributed by atoms with Crippen LogP contribution in [0.25, 0.3) is 21.9 Å². The van der Waals surface area contributed by atoms with Crippen molar-refractivity contribution in [3.63, 3.8) is 0 Å². The van der Waals surface area contributed by atoms with Crippen molar-refractivity contribution < 1.29 is 19.6 Å². The Labute approximate surface area is 143 Å². The number of ketones is 1. The predicted molar refractivity (Wildman–Crippen MR) is 94.3 cm³/mol. The van der Waals surface area contributed by atoms with Crippen molar-refractivity contribution in [2.24, 2.45) is 0 Å². The quantitative estimate of drug-likeness (QED) is 0.435. The highest BCUT2D eigenvalue weighted by atomic mass is 16.6. The summed E-state index contributed by atoms with van der Waals surface area (Å²) >= 11 is 0. The van der Waals surface area contributed by atoms with Crippen molar-refractivity contribution in [2.75, 3.05) is 7.11 Å². The van der Waals surface area contributed by atoms with E-state index in [0.29, 0.717) is 11.1 Å². The Hall–Kier alpha value is -3.41. The molecule has 0 heterocycles. The third-order valence-electron chi connectivity index (χ3n) is 4.05. The van der Waals surface area contributed by atoms with E-state index in [0.717, 1.165) is 16.5 Å². The highest BCUT2D eigenvalue weighted by Gasteiger charge is 2.22. The molecule has 0 saturated carbocycles. The van der Waals surface area contributed by atoms with Crippen molar-refractivity contribution >= 4 is 22.2 Å². The zero-order valence-corrected chi connectivity index (χ0v) is 13.6. The van der Waals surface area contributed by atoms with Gasteiger partial charge in [0.2, 0.25) is 5.75 Å². The number of hydrogen-bond donors (Lipinski definition) is 1. The number of ether oxygens (including phenoxy) is 1. The van der Waals surface area contributed by atoms with E-state index in [1.54, 1.807) is 7.11 Å². The molecule has 0 aliphatic carbocycles. The molecule has 126 valence electrons. The van der Waals surface area contributed by atoms with Gasteiger partial charge in [0, 0.05) is 6.07 Å². The van der Waals surface area contributed by atoms with E-state index in [1.807, 2.05) is 36.4 Å². The van der Waals surface area contributed by atoms with Gasteiger partial charge in [-0.05, 0) is 53.1 Å².